The van der Waals surface area contributed by atoms with E-state index in [2.05, 4.69) is 4.98 Å². The predicted molar refractivity (Wildman–Crippen MR) is 102 cm³/mol. The van der Waals surface area contributed by atoms with E-state index in [1.54, 1.807) is 41.6 Å². The van der Waals surface area contributed by atoms with Crippen LogP contribution in [0.1, 0.15) is 28.4 Å². The minimum absolute atomic E-state index is 0.0149. The summed E-state index contributed by atoms with van der Waals surface area (Å²) in [6.45, 7) is 3.02. The molecule has 27 heavy (non-hydrogen) atoms. The van der Waals surface area contributed by atoms with E-state index in [-0.39, 0.29) is 17.6 Å². The second-order valence-corrected chi connectivity index (χ2v) is 6.93. The van der Waals surface area contributed by atoms with Gasteiger partial charge in [0, 0.05) is 31.9 Å². The van der Waals surface area contributed by atoms with Crippen molar-refractivity contribution in [2.75, 3.05) is 20.2 Å². The molecule has 1 aliphatic rings. The number of nitrogens with zero attached hydrogens (tertiary/aromatic N) is 4. The van der Waals surface area contributed by atoms with Crippen molar-refractivity contribution in [3.05, 3.63) is 58.1 Å². The van der Waals surface area contributed by atoms with Gasteiger partial charge in [0.1, 0.15) is 5.75 Å². The summed E-state index contributed by atoms with van der Waals surface area (Å²) in [5.41, 5.74) is 2.93. The number of imidazole rings is 1. The number of hydrogen-bond acceptors (Lipinski definition) is 4. The van der Waals surface area contributed by atoms with Gasteiger partial charge in [0.05, 0.1) is 18.7 Å². The Bertz CT molecular complexity index is 1080. The first kappa shape index (κ1) is 17.3. The largest absolute Gasteiger partial charge is 0.497 e. The Morgan fingerprint density at radius 1 is 1.30 bits per heavy atom. The van der Waals surface area contributed by atoms with Gasteiger partial charge in [-0.05, 0) is 49.2 Å². The highest BCUT2D eigenvalue weighted by molar-refractivity contribution is 5.96. The van der Waals surface area contributed by atoms with Crippen molar-refractivity contribution in [1.82, 2.24) is 19.0 Å². The smallest absolute Gasteiger partial charge is 0.330 e. The summed E-state index contributed by atoms with van der Waals surface area (Å²) in [6.07, 6.45) is 2.42. The van der Waals surface area contributed by atoms with Gasteiger partial charge in [-0.3, -0.25) is 13.9 Å². The van der Waals surface area contributed by atoms with Crippen LogP contribution in [-0.2, 0) is 7.05 Å². The number of rotatable bonds is 3. The maximum absolute atomic E-state index is 13.0. The molecule has 4 rings (SSSR count). The summed E-state index contributed by atoms with van der Waals surface area (Å²) in [7, 11) is 3.36. The SMILES string of the molecule is COc1ccc(C(=O)N2CC[C@@H](n3c(=O)n(C)c4cccnc43)C2)c(C)c1. The van der Waals surface area contributed by atoms with Crippen LogP contribution < -0.4 is 10.4 Å². The zero-order valence-electron chi connectivity index (χ0n) is 15.7. The number of fused-ring (bicyclic) bond motifs is 1. The molecule has 1 aliphatic heterocycles. The first-order valence-electron chi connectivity index (χ1n) is 8.97. The van der Waals surface area contributed by atoms with E-state index in [0.29, 0.717) is 24.3 Å². The van der Waals surface area contributed by atoms with E-state index in [0.717, 1.165) is 23.3 Å². The normalized spacial score (nSPS) is 16.9. The average molecular weight is 366 g/mol. The third-order valence-electron chi connectivity index (χ3n) is 5.33. The van der Waals surface area contributed by atoms with Crippen LogP contribution in [0.15, 0.2) is 41.3 Å². The number of benzene rings is 1. The minimum Gasteiger partial charge on any atom is -0.497 e. The first-order valence-corrected chi connectivity index (χ1v) is 8.97. The molecular weight excluding hydrogens is 344 g/mol. The number of pyridine rings is 1. The van der Waals surface area contributed by atoms with Crippen LogP contribution in [0, 0.1) is 6.92 Å². The fourth-order valence-corrected chi connectivity index (χ4v) is 3.83. The van der Waals surface area contributed by atoms with Crippen molar-refractivity contribution in [3.63, 3.8) is 0 Å². The highest BCUT2D eigenvalue weighted by atomic mass is 16.5. The van der Waals surface area contributed by atoms with Crippen LogP contribution >= 0.6 is 0 Å². The molecule has 1 atom stereocenters. The molecule has 2 aromatic heterocycles. The van der Waals surface area contributed by atoms with E-state index in [1.807, 2.05) is 30.0 Å². The molecule has 0 radical (unpaired) electrons. The fraction of sp³-hybridized carbons (Fsp3) is 0.350. The number of ether oxygens (including phenoxy) is 1. The van der Waals surface area contributed by atoms with Crippen LogP contribution in [0.4, 0.5) is 0 Å². The predicted octanol–water partition coefficient (Wildman–Crippen LogP) is 2.14. The molecular formula is C20H22N4O3. The highest BCUT2D eigenvalue weighted by Gasteiger charge is 2.31. The van der Waals surface area contributed by atoms with Crippen LogP contribution in [0.2, 0.25) is 0 Å². The summed E-state index contributed by atoms with van der Waals surface area (Å²) < 4.78 is 8.55. The summed E-state index contributed by atoms with van der Waals surface area (Å²) in [4.78, 5) is 31.9. The number of amides is 1. The number of aryl methyl sites for hydroxylation is 2. The fourth-order valence-electron chi connectivity index (χ4n) is 3.83. The van der Waals surface area contributed by atoms with Crippen LogP contribution in [0.5, 0.6) is 5.75 Å². The topological polar surface area (TPSA) is 69.4 Å². The Morgan fingerprint density at radius 2 is 2.11 bits per heavy atom. The molecule has 0 unspecified atom stereocenters. The second kappa shape index (κ2) is 6.57. The lowest BCUT2D eigenvalue weighted by Gasteiger charge is -2.18. The van der Waals surface area contributed by atoms with Gasteiger partial charge < -0.3 is 9.64 Å². The Hall–Kier alpha value is -3.09. The van der Waals surface area contributed by atoms with Crippen LogP contribution in [-0.4, -0.2) is 45.1 Å². The molecule has 0 spiro atoms. The van der Waals surface area contributed by atoms with Gasteiger partial charge in [-0.1, -0.05) is 0 Å². The zero-order chi connectivity index (χ0) is 19.1. The molecule has 1 saturated heterocycles. The summed E-state index contributed by atoms with van der Waals surface area (Å²) >= 11 is 0. The van der Waals surface area contributed by atoms with Gasteiger partial charge in [-0.2, -0.15) is 0 Å². The monoisotopic (exact) mass is 366 g/mol. The standard InChI is InChI=1S/C20H22N4O3/c1-13-11-15(27-3)6-7-16(13)19(25)23-10-8-14(12-23)24-18-17(5-4-9-21-18)22(2)20(24)26/h4-7,9,11,14H,8,10,12H2,1-3H3/t14-/m1/s1. The van der Waals surface area contributed by atoms with E-state index in [9.17, 15) is 9.59 Å². The van der Waals surface area contributed by atoms with Gasteiger partial charge in [0.2, 0.25) is 0 Å². The van der Waals surface area contributed by atoms with Crippen LogP contribution in [0.3, 0.4) is 0 Å². The summed E-state index contributed by atoms with van der Waals surface area (Å²) in [6, 6.07) is 9.10. The molecule has 140 valence electrons. The van der Waals surface area contributed by atoms with Crippen molar-refractivity contribution in [3.8, 4) is 5.75 Å². The Kier molecular flexibility index (Phi) is 4.22. The Morgan fingerprint density at radius 3 is 2.85 bits per heavy atom. The number of aromatic nitrogens is 3. The van der Waals surface area contributed by atoms with E-state index in [4.69, 9.17) is 4.74 Å². The third-order valence-corrected chi connectivity index (χ3v) is 5.33. The molecule has 1 fully saturated rings. The van der Waals surface area contributed by atoms with Crippen molar-refractivity contribution < 1.29 is 9.53 Å². The van der Waals surface area contributed by atoms with Gasteiger partial charge in [0.25, 0.3) is 5.91 Å². The average Bonchev–Trinajstić information content (AvgIpc) is 3.25. The number of carbonyl (C=O) groups excluding carboxylic acids is 1. The number of hydrogen-bond donors (Lipinski definition) is 0. The Balaban J connectivity index is 1.62. The molecule has 0 bridgehead atoms. The summed E-state index contributed by atoms with van der Waals surface area (Å²) in [5, 5.41) is 0. The Labute approximate surface area is 156 Å². The van der Waals surface area contributed by atoms with Gasteiger partial charge in [-0.25, -0.2) is 9.78 Å². The van der Waals surface area contributed by atoms with Crippen molar-refractivity contribution in [1.29, 1.82) is 0 Å². The number of carbonyl (C=O) groups is 1. The zero-order valence-corrected chi connectivity index (χ0v) is 15.7. The van der Waals surface area contributed by atoms with Gasteiger partial charge in [0.15, 0.2) is 5.65 Å². The first-order chi connectivity index (χ1) is 13.0. The molecule has 7 heteroatoms. The molecule has 1 amide bonds. The maximum Gasteiger partial charge on any atom is 0.330 e. The lowest BCUT2D eigenvalue weighted by atomic mass is 10.1. The van der Waals surface area contributed by atoms with Gasteiger partial charge in [-0.15, -0.1) is 0 Å². The molecule has 1 aromatic carbocycles. The molecule has 3 heterocycles. The number of likely N-dealkylation sites (tertiary alicyclic amines) is 1. The van der Waals surface area contributed by atoms with Crippen molar-refractivity contribution >= 4 is 17.1 Å². The van der Waals surface area contributed by atoms with E-state index < -0.39 is 0 Å². The maximum atomic E-state index is 13.0. The van der Waals surface area contributed by atoms with E-state index in [1.165, 1.54) is 0 Å². The number of methoxy groups -OCH3 is 1. The highest BCUT2D eigenvalue weighted by Crippen LogP contribution is 2.26. The lowest BCUT2D eigenvalue weighted by molar-refractivity contribution is 0.0787. The summed E-state index contributed by atoms with van der Waals surface area (Å²) in [5.74, 6) is 0.718. The quantitative estimate of drug-likeness (QED) is 0.712. The third kappa shape index (κ3) is 2.79. The van der Waals surface area contributed by atoms with Crippen LogP contribution in [0.25, 0.3) is 11.2 Å². The lowest BCUT2D eigenvalue weighted by Crippen LogP contribution is -2.32. The second-order valence-electron chi connectivity index (χ2n) is 6.93. The molecule has 0 N–H and O–H groups in total. The molecule has 0 aliphatic carbocycles. The van der Waals surface area contributed by atoms with Crippen molar-refractivity contribution in [2.45, 2.75) is 19.4 Å². The molecule has 0 saturated carbocycles. The minimum atomic E-state index is -0.0939. The molecule has 7 nitrogen and oxygen atoms in total. The molecule has 3 aromatic rings. The van der Waals surface area contributed by atoms with E-state index >= 15 is 0 Å². The van der Waals surface area contributed by atoms with Crippen molar-refractivity contribution in [2.24, 2.45) is 7.05 Å². The van der Waals surface area contributed by atoms with Gasteiger partial charge >= 0.3 is 5.69 Å².